The van der Waals surface area contributed by atoms with Crippen molar-refractivity contribution in [3.8, 4) is 0 Å². The number of nitrogens with zero attached hydrogens (tertiary/aromatic N) is 2. The molecule has 32 heavy (non-hydrogen) atoms. The molecule has 2 rings (SSSR count). The Morgan fingerprint density at radius 2 is 1.69 bits per heavy atom. The summed E-state index contributed by atoms with van der Waals surface area (Å²) in [4.78, 5) is 15.3. The van der Waals surface area contributed by atoms with Crippen LogP contribution >= 0.6 is 0 Å². The predicted octanol–water partition coefficient (Wildman–Crippen LogP) is 3.89. The van der Waals surface area contributed by atoms with Crippen molar-refractivity contribution in [2.24, 2.45) is 5.92 Å². The van der Waals surface area contributed by atoms with Crippen LogP contribution in [-0.4, -0.2) is 70.0 Å². The Kier molecular flexibility index (Phi) is 13.6. The van der Waals surface area contributed by atoms with Gasteiger partial charge in [0.2, 0.25) is 6.41 Å². The quantitative estimate of drug-likeness (QED) is 0.472. The summed E-state index contributed by atoms with van der Waals surface area (Å²) in [5.41, 5.74) is 2.35. The van der Waals surface area contributed by atoms with Crippen molar-refractivity contribution in [2.45, 2.75) is 66.3 Å². The standard InChI is InChI=1S/C14H30N2O.C11H15NO2S/c1-5-9-13(14(7-3)15-12-17)11-16(8-4)10-6-2;1-10-2-4-11(5-3-10)12-6-8-15(13,14)9-7-12/h12-14H,5-11H2,1-4H3,(H,15,17);2-5H,6-9H2,1H3/t13-,14?;/m0./s1. The van der Waals surface area contributed by atoms with Gasteiger partial charge in [-0.25, -0.2) is 8.42 Å². The zero-order chi connectivity index (χ0) is 24.0. The first-order chi connectivity index (χ1) is 15.3. The lowest BCUT2D eigenvalue weighted by atomic mass is 9.92. The van der Waals surface area contributed by atoms with Gasteiger partial charge in [-0.05, 0) is 57.3 Å². The van der Waals surface area contributed by atoms with Gasteiger partial charge in [-0.15, -0.1) is 0 Å². The highest BCUT2D eigenvalue weighted by Gasteiger charge is 2.22. The first-order valence-corrected chi connectivity index (χ1v) is 14.1. The minimum Gasteiger partial charge on any atom is -0.369 e. The number of amides is 1. The summed E-state index contributed by atoms with van der Waals surface area (Å²) in [6.07, 6.45) is 5.45. The van der Waals surface area contributed by atoms with Gasteiger partial charge in [-0.2, -0.15) is 0 Å². The van der Waals surface area contributed by atoms with Crippen LogP contribution in [0.5, 0.6) is 0 Å². The molecule has 1 aliphatic rings. The second-order valence-corrected chi connectivity index (χ2v) is 11.0. The summed E-state index contributed by atoms with van der Waals surface area (Å²) in [6.45, 7) is 15.5. The van der Waals surface area contributed by atoms with Gasteiger partial charge < -0.3 is 15.1 Å². The van der Waals surface area contributed by atoms with Crippen molar-refractivity contribution in [3.63, 3.8) is 0 Å². The average Bonchev–Trinajstić information content (AvgIpc) is 2.78. The van der Waals surface area contributed by atoms with Crippen molar-refractivity contribution < 1.29 is 13.2 Å². The summed E-state index contributed by atoms with van der Waals surface area (Å²) in [5.74, 6) is 1.14. The van der Waals surface area contributed by atoms with Crippen LogP contribution in [0.3, 0.4) is 0 Å². The molecular formula is C25H45N3O3S. The van der Waals surface area contributed by atoms with Crippen LogP contribution in [-0.2, 0) is 14.6 Å². The van der Waals surface area contributed by atoms with Crippen molar-refractivity contribution in [2.75, 3.05) is 49.1 Å². The molecule has 1 aliphatic heterocycles. The molecule has 0 radical (unpaired) electrons. The molecule has 1 unspecified atom stereocenters. The van der Waals surface area contributed by atoms with Crippen molar-refractivity contribution in [1.29, 1.82) is 0 Å². The Bertz CT molecular complexity index is 723. The van der Waals surface area contributed by atoms with Gasteiger partial charge in [-0.1, -0.05) is 51.8 Å². The number of hydrogen-bond acceptors (Lipinski definition) is 5. The number of benzene rings is 1. The third kappa shape index (κ3) is 10.3. The fraction of sp³-hybridized carbons (Fsp3) is 0.720. The van der Waals surface area contributed by atoms with Gasteiger partial charge in [0, 0.05) is 31.4 Å². The monoisotopic (exact) mass is 467 g/mol. The molecule has 2 atom stereocenters. The zero-order valence-electron chi connectivity index (χ0n) is 20.8. The summed E-state index contributed by atoms with van der Waals surface area (Å²) < 4.78 is 22.5. The fourth-order valence-electron chi connectivity index (χ4n) is 4.22. The van der Waals surface area contributed by atoms with E-state index in [1.807, 2.05) is 19.1 Å². The first kappa shape index (κ1) is 28.4. The van der Waals surface area contributed by atoms with E-state index in [4.69, 9.17) is 0 Å². The number of carbonyl (C=O) groups is 1. The van der Waals surface area contributed by atoms with Gasteiger partial charge in [0.05, 0.1) is 11.5 Å². The fourth-order valence-corrected chi connectivity index (χ4v) is 5.42. The average molecular weight is 468 g/mol. The van der Waals surface area contributed by atoms with E-state index >= 15 is 0 Å². The summed E-state index contributed by atoms with van der Waals surface area (Å²) >= 11 is 0. The van der Waals surface area contributed by atoms with E-state index in [0.717, 1.165) is 38.2 Å². The zero-order valence-corrected chi connectivity index (χ0v) is 21.7. The maximum Gasteiger partial charge on any atom is 0.207 e. The number of nitrogens with one attached hydrogen (secondary N) is 1. The van der Waals surface area contributed by atoms with Crippen LogP contribution in [0, 0.1) is 12.8 Å². The van der Waals surface area contributed by atoms with Crippen LogP contribution in [0.4, 0.5) is 5.69 Å². The SMILES string of the molecule is CCC[C@@H](CN(CC)CCC)C(CC)NC=O.Cc1ccc(N2CCS(=O)(=O)CC2)cc1. The molecule has 0 spiro atoms. The van der Waals surface area contributed by atoms with Gasteiger partial charge in [0.1, 0.15) is 0 Å². The van der Waals surface area contributed by atoms with Gasteiger partial charge >= 0.3 is 0 Å². The van der Waals surface area contributed by atoms with E-state index in [1.165, 1.54) is 24.8 Å². The Hall–Kier alpha value is -1.60. The number of rotatable bonds is 12. The third-order valence-corrected chi connectivity index (χ3v) is 7.78. The molecule has 1 amide bonds. The van der Waals surface area contributed by atoms with Crippen molar-refractivity contribution in [1.82, 2.24) is 10.2 Å². The maximum atomic E-state index is 11.3. The molecule has 184 valence electrons. The second kappa shape index (κ2) is 15.3. The Morgan fingerprint density at radius 3 is 2.16 bits per heavy atom. The van der Waals surface area contributed by atoms with Crippen LogP contribution in [0.25, 0.3) is 0 Å². The molecule has 0 saturated carbocycles. The van der Waals surface area contributed by atoms with Crippen molar-refractivity contribution in [3.05, 3.63) is 29.8 Å². The molecule has 0 aliphatic carbocycles. The van der Waals surface area contributed by atoms with Crippen LogP contribution < -0.4 is 10.2 Å². The number of anilines is 1. The molecule has 1 N–H and O–H groups in total. The van der Waals surface area contributed by atoms with E-state index in [1.54, 1.807) is 0 Å². The minimum atomic E-state index is -2.77. The summed E-state index contributed by atoms with van der Waals surface area (Å²) in [5, 5.41) is 2.98. The Labute approximate surface area is 196 Å². The van der Waals surface area contributed by atoms with E-state index in [9.17, 15) is 13.2 Å². The lowest BCUT2D eigenvalue weighted by molar-refractivity contribution is -0.110. The van der Waals surface area contributed by atoms with Crippen molar-refractivity contribution >= 4 is 21.9 Å². The maximum absolute atomic E-state index is 11.3. The number of sulfone groups is 1. The molecule has 0 bridgehead atoms. The molecule has 1 aromatic rings. The van der Waals surface area contributed by atoms with Gasteiger partial charge in [-0.3, -0.25) is 4.79 Å². The largest absolute Gasteiger partial charge is 0.369 e. The normalized spacial score (nSPS) is 17.2. The Morgan fingerprint density at radius 1 is 1.06 bits per heavy atom. The first-order valence-electron chi connectivity index (χ1n) is 12.2. The highest BCUT2D eigenvalue weighted by molar-refractivity contribution is 7.91. The van der Waals surface area contributed by atoms with Crippen LogP contribution in [0.1, 0.15) is 58.9 Å². The van der Waals surface area contributed by atoms with Gasteiger partial charge in [0.25, 0.3) is 0 Å². The van der Waals surface area contributed by atoms with E-state index in [2.05, 4.69) is 54.9 Å². The number of hydrogen-bond donors (Lipinski definition) is 1. The summed E-state index contributed by atoms with van der Waals surface area (Å²) in [7, 11) is -2.77. The lowest BCUT2D eigenvalue weighted by Crippen LogP contribution is -2.42. The van der Waals surface area contributed by atoms with Crippen LogP contribution in [0.2, 0.25) is 0 Å². The van der Waals surface area contributed by atoms with E-state index in [0.29, 0.717) is 25.0 Å². The molecular weight excluding hydrogens is 422 g/mol. The lowest BCUT2D eigenvalue weighted by Gasteiger charge is -2.31. The van der Waals surface area contributed by atoms with Crippen LogP contribution in [0.15, 0.2) is 24.3 Å². The Balaban J connectivity index is 0.000000321. The molecule has 1 fully saturated rings. The summed E-state index contributed by atoms with van der Waals surface area (Å²) in [6, 6.07) is 8.54. The number of carbonyl (C=O) groups excluding carboxylic acids is 1. The van der Waals surface area contributed by atoms with E-state index in [-0.39, 0.29) is 11.5 Å². The molecule has 1 saturated heterocycles. The van der Waals surface area contributed by atoms with E-state index < -0.39 is 9.84 Å². The topological polar surface area (TPSA) is 69.7 Å². The highest BCUT2D eigenvalue weighted by Crippen LogP contribution is 2.18. The molecule has 1 heterocycles. The van der Waals surface area contributed by atoms with Gasteiger partial charge in [0.15, 0.2) is 9.84 Å². The molecule has 0 aromatic heterocycles. The highest BCUT2D eigenvalue weighted by atomic mass is 32.2. The molecule has 7 heteroatoms. The molecule has 6 nitrogen and oxygen atoms in total. The minimum absolute atomic E-state index is 0.279. The smallest absolute Gasteiger partial charge is 0.207 e. The second-order valence-electron chi connectivity index (χ2n) is 8.72. The molecule has 1 aromatic carbocycles. The number of aryl methyl sites for hydroxylation is 1. The third-order valence-electron chi connectivity index (χ3n) is 6.17. The predicted molar refractivity (Wildman–Crippen MR) is 136 cm³/mol.